The first kappa shape index (κ1) is 29.6. The van der Waals surface area contributed by atoms with Crippen molar-refractivity contribution in [3.63, 3.8) is 0 Å². The summed E-state index contributed by atoms with van der Waals surface area (Å²) in [5.41, 5.74) is 3.31. The Balaban J connectivity index is 1.16. The van der Waals surface area contributed by atoms with Crippen molar-refractivity contribution in [1.29, 1.82) is 0 Å². The number of amides is 3. The van der Waals surface area contributed by atoms with Crippen molar-refractivity contribution < 1.29 is 23.9 Å². The second kappa shape index (κ2) is 13.4. The smallest absolute Gasteiger partial charge is 0.272 e. The summed E-state index contributed by atoms with van der Waals surface area (Å²) in [6, 6.07) is 28.9. The van der Waals surface area contributed by atoms with E-state index in [1.165, 1.54) is 11.8 Å². The highest BCUT2D eigenvalue weighted by Gasteiger charge is 2.19. The molecule has 1 aromatic heterocycles. The number of para-hydroxylation sites is 1. The Morgan fingerprint density at radius 1 is 0.822 bits per heavy atom. The van der Waals surface area contributed by atoms with Crippen LogP contribution in [-0.4, -0.2) is 41.2 Å². The Labute approximate surface area is 264 Å². The van der Waals surface area contributed by atoms with E-state index in [4.69, 9.17) is 9.47 Å². The van der Waals surface area contributed by atoms with E-state index in [0.29, 0.717) is 41.7 Å². The largest absolute Gasteiger partial charge is 0.486 e. The molecule has 6 rings (SSSR count). The molecule has 0 aliphatic carbocycles. The van der Waals surface area contributed by atoms with Gasteiger partial charge in [0.2, 0.25) is 5.91 Å². The van der Waals surface area contributed by atoms with E-state index in [1.807, 2.05) is 43.3 Å². The number of anilines is 2. The first-order valence-corrected chi connectivity index (χ1v) is 15.2. The minimum Gasteiger partial charge on any atom is -0.486 e. The van der Waals surface area contributed by atoms with E-state index in [1.54, 1.807) is 72.9 Å². The van der Waals surface area contributed by atoms with Crippen LogP contribution in [-0.2, 0) is 9.59 Å². The molecule has 226 valence electrons. The fourth-order valence-electron chi connectivity index (χ4n) is 4.78. The van der Waals surface area contributed by atoms with Crippen molar-refractivity contribution in [3.05, 3.63) is 120 Å². The Hall–Kier alpha value is -5.48. The fourth-order valence-corrected chi connectivity index (χ4v) is 5.71. The third kappa shape index (κ3) is 7.19. The lowest BCUT2D eigenvalue weighted by Gasteiger charge is -2.19. The Bertz CT molecular complexity index is 1900. The average Bonchev–Trinajstić information content (AvgIpc) is 3.47. The van der Waals surface area contributed by atoms with Crippen LogP contribution >= 0.6 is 11.8 Å². The molecule has 2 heterocycles. The average molecular weight is 619 g/mol. The number of fused-ring (bicyclic) bond motifs is 2. The van der Waals surface area contributed by atoms with E-state index in [0.717, 1.165) is 21.4 Å². The second-order valence-corrected chi connectivity index (χ2v) is 11.7. The van der Waals surface area contributed by atoms with Crippen LogP contribution in [0.2, 0.25) is 0 Å². The molecule has 4 N–H and O–H groups in total. The molecule has 10 heteroatoms. The molecule has 1 atom stereocenters. The highest BCUT2D eigenvalue weighted by Crippen LogP contribution is 2.33. The number of hydrogen-bond donors (Lipinski definition) is 4. The van der Waals surface area contributed by atoms with Crippen LogP contribution in [0.1, 0.15) is 22.8 Å². The molecule has 0 bridgehead atoms. The fraction of sp³-hybridized carbons (Fsp3) is 0.114. The first-order chi connectivity index (χ1) is 21.9. The summed E-state index contributed by atoms with van der Waals surface area (Å²) in [7, 11) is 0. The van der Waals surface area contributed by atoms with E-state index < -0.39 is 17.1 Å². The normalized spacial score (nSPS) is 13.1. The van der Waals surface area contributed by atoms with Gasteiger partial charge in [0, 0.05) is 50.6 Å². The number of aromatic nitrogens is 1. The monoisotopic (exact) mass is 618 g/mol. The molecular weight excluding hydrogens is 588 g/mol. The Morgan fingerprint density at radius 2 is 1.58 bits per heavy atom. The van der Waals surface area contributed by atoms with Crippen molar-refractivity contribution in [2.75, 3.05) is 23.8 Å². The highest BCUT2D eigenvalue weighted by molar-refractivity contribution is 8.00. The first-order valence-electron chi connectivity index (χ1n) is 14.4. The summed E-state index contributed by atoms with van der Waals surface area (Å²) in [6.45, 7) is 2.77. The van der Waals surface area contributed by atoms with Crippen LogP contribution < -0.4 is 25.4 Å². The van der Waals surface area contributed by atoms with Crippen molar-refractivity contribution in [2.24, 2.45) is 0 Å². The number of H-pyrrole nitrogens is 1. The van der Waals surface area contributed by atoms with Gasteiger partial charge in [0.05, 0.1) is 5.25 Å². The predicted octanol–water partition coefficient (Wildman–Crippen LogP) is 6.47. The lowest BCUT2D eigenvalue weighted by atomic mass is 10.1. The SMILES string of the molecule is CC(Sc1cccc(NC(=O)/C(=C/c2c[nH]c3ccccc23)NC(=O)c2ccccc2)c1)C(=O)Nc1ccc2c(c1)OCCO2. The third-order valence-corrected chi connectivity index (χ3v) is 8.13. The number of benzene rings is 4. The van der Waals surface area contributed by atoms with Gasteiger partial charge in [0.1, 0.15) is 18.9 Å². The number of ether oxygens (including phenoxy) is 2. The molecule has 0 radical (unpaired) electrons. The Morgan fingerprint density at radius 3 is 2.42 bits per heavy atom. The number of hydrogen-bond acceptors (Lipinski definition) is 6. The standard InChI is InChI=1S/C35H30N4O5S/c1-22(33(40)37-26-14-15-31-32(20-26)44-17-16-43-31)45-27-11-7-10-25(19-27)38-35(42)30(39-34(41)23-8-3-2-4-9-23)18-24-21-36-29-13-6-5-12-28(24)29/h2-15,18-22,36H,16-17H2,1H3,(H,37,40)(H,38,42)(H,39,41)/b30-18-. The molecule has 1 aliphatic heterocycles. The summed E-state index contributed by atoms with van der Waals surface area (Å²) in [5.74, 6) is 0.175. The maximum Gasteiger partial charge on any atom is 0.272 e. The maximum atomic E-state index is 13.6. The van der Waals surface area contributed by atoms with Gasteiger partial charge >= 0.3 is 0 Å². The van der Waals surface area contributed by atoms with Gasteiger partial charge in [0.15, 0.2) is 11.5 Å². The molecule has 5 aromatic rings. The van der Waals surface area contributed by atoms with Gasteiger partial charge in [-0.05, 0) is 61.5 Å². The molecule has 4 aromatic carbocycles. The third-order valence-electron chi connectivity index (χ3n) is 7.03. The quantitative estimate of drug-likeness (QED) is 0.111. The van der Waals surface area contributed by atoms with E-state index in [-0.39, 0.29) is 11.6 Å². The van der Waals surface area contributed by atoms with Crippen LogP contribution in [0, 0.1) is 0 Å². The molecular formula is C35H30N4O5S. The summed E-state index contributed by atoms with van der Waals surface area (Å²) in [6.07, 6.45) is 3.44. The second-order valence-electron chi connectivity index (χ2n) is 10.3. The minimum atomic E-state index is -0.490. The lowest BCUT2D eigenvalue weighted by molar-refractivity contribution is -0.115. The van der Waals surface area contributed by atoms with Crippen LogP contribution in [0.4, 0.5) is 11.4 Å². The van der Waals surface area contributed by atoms with Gasteiger partial charge in [-0.2, -0.15) is 0 Å². The van der Waals surface area contributed by atoms with Crippen molar-refractivity contribution >= 4 is 57.8 Å². The van der Waals surface area contributed by atoms with Gasteiger partial charge < -0.3 is 30.4 Å². The minimum absolute atomic E-state index is 0.0823. The van der Waals surface area contributed by atoms with Gasteiger partial charge in [0.25, 0.3) is 11.8 Å². The maximum absolute atomic E-state index is 13.6. The molecule has 45 heavy (non-hydrogen) atoms. The van der Waals surface area contributed by atoms with Crippen LogP contribution in [0.15, 0.2) is 114 Å². The summed E-state index contributed by atoms with van der Waals surface area (Å²) < 4.78 is 11.2. The van der Waals surface area contributed by atoms with Gasteiger partial charge in [-0.1, -0.05) is 42.5 Å². The predicted molar refractivity (Wildman–Crippen MR) is 177 cm³/mol. The highest BCUT2D eigenvalue weighted by atomic mass is 32.2. The summed E-state index contributed by atoms with van der Waals surface area (Å²) >= 11 is 1.35. The van der Waals surface area contributed by atoms with Crippen LogP contribution in [0.3, 0.4) is 0 Å². The Kier molecular flexibility index (Phi) is 8.84. The molecule has 0 saturated carbocycles. The van der Waals surface area contributed by atoms with Gasteiger partial charge in [-0.25, -0.2) is 0 Å². The van der Waals surface area contributed by atoms with E-state index >= 15 is 0 Å². The summed E-state index contributed by atoms with van der Waals surface area (Å²) in [5, 5.41) is 9.08. The van der Waals surface area contributed by atoms with Gasteiger partial charge in [-0.15, -0.1) is 11.8 Å². The van der Waals surface area contributed by atoms with E-state index in [9.17, 15) is 14.4 Å². The van der Waals surface area contributed by atoms with Gasteiger partial charge in [-0.3, -0.25) is 14.4 Å². The number of rotatable bonds is 9. The number of carbonyl (C=O) groups is 3. The zero-order chi connectivity index (χ0) is 31.2. The van der Waals surface area contributed by atoms with Crippen molar-refractivity contribution in [2.45, 2.75) is 17.1 Å². The number of nitrogens with one attached hydrogen (secondary N) is 4. The molecule has 0 fully saturated rings. The van der Waals surface area contributed by atoms with Crippen LogP contribution in [0.25, 0.3) is 17.0 Å². The summed E-state index contributed by atoms with van der Waals surface area (Å²) in [4.78, 5) is 43.6. The van der Waals surface area contributed by atoms with Crippen molar-refractivity contribution in [3.8, 4) is 11.5 Å². The van der Waals surface area contributed by atoms with Crippen molar-refractivity contribution in [1.82, 2.24) is 10.3 Å². The zero-order valence-corrected chi connectivity index (χ0v) is 25.1. The molecule has 0 spiro atoms. The van der Waals surface area contributed by atoms with Crippen LogP contribution in [0.5, 0.6) is 11.5 Å². The molecule has 9 nitrogen and oxygen atoms in total. The molecule has 0 saturated heterocycles. The zero-order valence-electron chi connectivity index (χ0n) is 24.3. The number of aromatic amines is 1. The lowest BCUT2D eigenvalue weighted by Crippen LogP contribution is -2.30. The molecule has 1 unspecified atom stereocenters. The van der Waals surface area contributed by atoms with E-state index in [2.05, 4.69) is 20.9 Å². The molecule has 3 amide bonds. The number of thioether (sulfide) groups is 1. The topological polar surface area (TPSA) is 122 Å². The molecule has 1 aliphatic rings. The number of carbonyl (C=O) groups excluding carboxylic acids is 3.